The highest BCUT2D eigenvalue weighted by Crippen LogP contribution is 2.56. The van der Waals surface area contributed by atoms with Crippen molar-refractivity contribution in [1.29, 1.82) is 0 Å². The van der Waals surface area contributed by atoms with E-state index in [2.05, 4.69) is 0 Å². The van der Waals surface area contributed by atoms with Gasteiger partial charge in [0.1, 0.15) is 5.82 Å². The third-order valence-corrected chi connectivity index (χ3v) is 6.84. The van der Waals surface area contributed by atoms with Gasteiger partial charge in [0.15, 0.2) is 6.10 Å². The predicted octanol–water partition coefficient (Wildman–Crippen LogP) is 2.97. The second-order valence-corrected chi connectivity index (χ2v) is 8.67. The molecule has 5 atom stereocenters. The molecule has 1 aromatic carbocycles. The number of ketones is 1. The van der Waals surface area contributed by atoms with Crippen LogP contribution in [0.15, 0.2) is 24.3 Å². The molecule has 2 saturated carbocycles. The molecule has 0 radical (unpaired) electrons. The number of fused-ring (bicyclic) bond motifs is 5. The molecule has 1 saturated heterocycles. The molecular formula is C22H23ClFNO5. The molecule has 1 heterocycles. The maximum absolute atomic E-state index is 13.1. The normalized spacial score (nSPS) is 28.0. The van der Waals surface area contributed by atoms with Gasteiger partial charge in [-0.3, -0.25) is 24.1 Å². The third-order valence-electron chi connectivity index (χ3n) is 6.62. The average molecular weight is 436 g/mol. The minimum Gasteiger partial charge on any atom is -0.454 e. The highest BCUT2D eigenvalue weighted by molar-refractivity contribution is 6.18. The van der Waals surface area contributed by atoms with Crippen molar-refractivity contribution < 1.29 is 28.3 Å². The molecule has 0 N–H and O–H groups in total. The zero-order valence-corrected chi connectivity index (χ0v) is 17.1. The molecule has 5 unspecified atom stereocenters. The van der Waals surface area contributed by atoms with Crippen LogP contribution in [0.4, 0.5) is 4.39 Å². The van der Waals surface area contributed by atoms with Crippen molar-refractivity contribution in [2.75, 3.05) is 12.4 Å². The number of halogens is 2. The summed E-state index contributed by atoms with van der Waals surface area (Å²) in [5.74, 6) is -1.76. The quantitative estimate of drug-likeness (QED) is 0.271. The first-order valence-electron chi connectivity index (χ1n) is 10.3. The number of likely N-dealkylation sites (tertiary alicyclic amines) is 1. The SMILES string of the molecule is O=C(CCN1C(=O)C2C3CCC(C3)C2C1=O)OC(CCCl)C(=O)c1ccc(F)cc1. The van der Waals surface area contributed by atoms with Crippen molar-refractivity contribution in [2.45, 2.75) is 38.2 Å². The standard InChI is InChI=1S/C22H23ClFNO5/c23-9-7-16(20(27)12-3-5-15(24)6-4-12)30-17(26)8-10-25-21(28)18-13-1-2-14(11-13)19(18)22(25)29/h3-6,13-14,16,18-19H,1-2,7-11H2. The molecule has 1 aromatic rings. The monoisotopic (exact) mass is 435 g/mol. The van der Waals surface area contributed by atoms with E-state index in [1.807, 2.05) is 0 Å². The van der Waals surface area contributed by atoms with Crippen molar-refractivity contribution in [3.8, 4) is 0 Å². The van der Waals surface area contributed by atoms with E-state index in [1.54, 1.807) is 0 Å². The Morgan fingerprint density at radius 2 is 1.70 bits per heavy atom. The summed E-state index contributed by atoms with van der Waals surface area (Å²) in [4.78, 5) is 51.5. The van der Waals surface area contributed by atoms with Gasteiger partial charge in [-0.2, -0.15) is 0 Å². The molecule has 6 nitrogen and oxygen atoms in total. The van der Waals surface area contributed by atoms with E-state index in [9.17, 15) is 23.6 Å². The number of carbonyl (C=O) groups is 4. The fraction of sp³-hybridized carbons (Fsp3) is 0.545. The van der Waals surface area contributed by atoms with Crippen LogP contribution >= 0.6 is 11.6 Å². The lowest BCUT2D eigenvalue weighted by atomic mass is 9.81. The summed E-state index contributed by atoms with van der Waals surface area (Å²) in [6.45, 7) is -0.0404. The summed E-state index contributed by atoms with van der Waals surface area (Å²) in [7, 11) is 0. The van der Waals surface area contributed by atoms with Crippen LogP contribution in [-0.2, 0) is 19.1 Å². The molecule has 160 valence electrons. The third kappa shape index (κ3) is 3.75. The predicted molar refractivity (Wildman–Crippen MR) is 105 cm³/mol. The van der Waals surface area contributed by atoms with Gasteiger partial charge < -0.3 is 4.74 Å². The summed E-state index contributed by atoms with van der Waals surface area (Å²) in [5, 5.41) is 0. The Morgan fingerprint density at radius 3 is 2.27 bits per heavy atom. The molecule has 0 spiro atoms. The summed E-state index contributed by atoms with van der Waals surface area (Å²) < 4.78 is 18.4. The second-order valence-electron chi connectivity index (χ2n) is 8.29. The van der Waals surface area contributed by atoms with Crippen LogP contribution in [0.25, 0.3) is 0 Å². The van der Waals surface area contributed by atoms with Crippen LogP contribution in [0.1, 0.15) is 42.5 Å². The number of alkyl halides is 1. The molecule has 0 aromatic heterocycles. The Balaban J connectivity index is 1.35. The van der Waals surface area contributed by atoms with Gasteiger partial charge in [-0.15, -0.1) is 11.6 Å². The molecular weight excluding hydrogens is 413 g/mol. The van der Waals surface area contributed by atoms with Gasteiger partial charge in [0.05, 0.1) is 18.3 Å². The largest absolute Gasteiger partial charge is 0.454 e. The number of amides is 2. The van der Waals surface area contributed by atoms with Crippen LogP contribution < -0.4 is 0 Å². The van der Waals surface area contributed by atoms with Crippen molar-refractivity contribution in [3.05, 3.63) is 35.6 Å². The second kappa shape index (κ2) is 8.46. The van der Waals surface area contributed by atoms with Crippen molar-refractivity contribution in [2.24, 2.45) is 23.7 Å². The van der Waals surface area contributed by atoms with Gasteiger partial charge in [0.2, 0.25) is 17.6 Å². The van der Waals surface area contributed by atoms with Gasteiger partial charge >= 0.3 is 5.97 Å². The zero-order valence-electron chi connectivity index (χ0n) is 16.4. The molecule has 2 amide bonds. The van der Waals surface area contributed by atoms with Crippen molar-refractivity contribution in [3.63, 3.8) is 0 Å². The first-order valence-corrected chi connectivity index (χ1v) is 10.8. The number of carbonyl (C=O) groups excluding carboxylic acids is 4. The van der Waals surface area contributed by atoms with Crippen molar-refractivity contribution in [1.82, 2.24) is 4.90 Å². The summed E-state index contributed by atoms with van der Waals surface area (Å²) in [6, 6.07) is 4.95. The Hall–Kier alpha value is -2.28. The highest BCUT2D eigenvalue weighted by Gasteiger charge is 2.60. The molecule has 30 heavy (non-hydrogen) atoms. The van der Waals surface area contributed by atoms with Crippen LogP contribution in [0.2, 0.25) is 0 Å². The van der Waals surface area contributed by atoms with Crippen LogP contribution in [0.3, 0.4) is 0 Å². The maximum atomic E-state index is 13.1. The Morgan fingerprint density at radius 1 is 1.10 bits per heavy atom. The number of nitrogens with zero attached hydrogens (tertiary/aromatic N) is 1. The summed E-state index contributed by atoms with van der Waals surface area (Å²) >= 11 is 5.74. The maximum Gasteiger partial charge on any atom is 0.308 e. The van der Waals surface area contributed by atoms with E-state index < -0.39 is 23.7 Å². The van der Waals surface area contributed by atoms with Gasteiger partial charge in [-0.25, -0.2) is 4.39 Å². The van der Waals surface area contributed by atoms with Crippen molar-refractivity contribution >= 4 is 35.2 Å². The lowest BCUT2D eigenvalue weighted by molar-refractivity contribution is -0.148. The van der Waals surface area contributed by atoms with E-state index in [0.717, 1.165) is 31.4 Å². The highest BCUT2D eigenvalue weighted by atomic mass is 35.5. The Kier molecular flexibility index (Phi) is 5.91. The number of hydrogen-bond donors (Lipinski definition) is 0. The van der Waals surface area contributed by atoms with Crippen LogP contribution in [0.5, 0.6) is 0 Å². The average Bonchev–Trinajstić information content (AvgIpc) is 3.40. The fourth-order valence-corrected chi connectivity index (χ4v) is 5.45. The van der Waals surface area contributed by atoms with E-state index in [0.29, 0.717) is 0 Å². The van der Waals surface area contributed by atoms with Crippen LogP contribution in [0, 0.1) is 29.5 Å². The topological polar surface area (TPSA) is 80.8 Å². The molecule has 2 aliphatic carbocycles. The number of Topliss-reactive ketones (excluding diaryl/α,β-unsaturated/α-hetero) is 1. The number of benzene rings is 1. The molecule has 3 aliphatic rings. The van der Waals surface area contributed by atoms with Gasteiger partial charge in [0, 0.05) is 24.4 Å². The number of rotatable bonds is 8. The molecule has 1 aliphatic heterocycles. The minimum atomic E-state index is -1.10. The first kappa shape index (κ1) is 21.0. The smallest absolute Gasteiger partial charge is 0.308 e. The van der Waals surface area contributed by atoms with E-state index in [4.69, 9.17) is 16.3 Å². The molecule has 8 heteroatoms. The molecule has 2 bridgehead atoms. The number of esters is 1. The lowest BCUT2D eigenvalue weighted by Crippen LogP contribution is -2.36. The summed E-state index contributed by atoms with van der Waals surface area (Å²) in [5.41, 5.74) is 0.215. The van der Waals surface area contributed by atoms with Gasteiger partial charge in [-0.1, -0.05) is 0 Å². The fourth-order valence-electron chi connectivity index (χ4n) is 5.25. The minimum absolute atomic E-state index is 0.0404. The first-order chi connectivity index (χ1) is 14.4. The number of imide groups is 1. The lowest BCUT2D eigenvalue weighted by Gasteiger charge is -2.19. The molecule has 4 rings (SSSR count). The Labute approximate surface area is 178 Å². The zero-order chi connectivity index (χ0) is 21.4. The molecule has 3 fully saturated rings. The van der Waals surface area contributed by atoms with E-state index >= 15 is 0 Å². The van der Waals surface area contributed by atoms with Gasteiger partial charge in [-0.05, 0) is 55.4 Å². The van der Waals surface area contributed by atoms with E-state index in [-0.39, 0.29) is 66.3 Å². The van der Waals surface area contributed by atoms with Gasteiger partial charge in [0.25, 0.3) is 0 Å². The van der Waals surface area contributed by atoms with E-state index in [1.165, 1.54) is 17.0 Å². The summed E-state index contributed by atoms with van der Waals surface area (Å²) in [6.07, 6.45) is 1.77. The van der Waals surface area contributed by atoms with Crippen LogP contribution in [-0.4, -0.2) is 47.0 Å². The Bertz CT molecular complexity index is 845. The number of ether oxygens (including phenoxy) is 1. The number of hydrogen-bond acceptors (Lipinski definition) is 5.